The Hall–Kier alpha value is -1.56. The van der Waals surface area contributed by atoms with Gasteiger partial charge >= 0.3 is 6.09 Å². The second kappa shape index (κ2) is 5.57. The van der Waals surface area contributed by atoms with Crippen LogP contribution in [0, 0.1) is 6.92 Å². The van der Waals surface area contributed by atoms with Crippen molar-refractivity contribution in [3.8, 4) is 0 Å². The number of carbonyl (C=O) groups is 2. The molecule has 0 radical (unpaired) electrons. The molecule has 2 amide bonds. The summed E-state index contributed by atoms with van der Waals surface area (Å²) in [5, 5.41) is 1.98. The van der Waals surface area contributed by atoms with Crippen molar-refractivity contribution in [2.45, 2.75) is 38.7 Å². The Labute approximate surface area is 134 Å². The fraction of sp³-hybridized carbons (Fsp3) is 0.625. The largest absolute Gasteiger partial charge is 0.441 e. The van der Waals surface area contributed by atoms with E-state index < -0.39 is 0 Å². The quantitative estimate of drug-likeness (QED) is 0.841. The third-order valence-electron chi connectivity index (χ3n) is 4.79. The molecule has 0 bridgehead atoms. The molecule has 1 spiro atoms. The van der Waals surface area contributed by atoms with E-state index in [1.807, 2.05) is 10.3 Å². The van der Waals surface area contributed by atoms with E-state index in [1.54, 1.807) is 23.3 Å². The molecule has 1 aromatic rings. The van der Waals surface area contributed by atoms with Crippen LogP contribution < -0.4 is 0 Å². The summed E-state index contributed by atoms with van der Waals surface area (Å²) in [7, 11) is 1.76. The molecule has 2 aliphatic heterocycles. The molecule has 22 heavy (non-hydrogen) atoms. The van der Waals surface area contributed by atoms with Gasteiger partial charge in [0.2, 0.25) is 0 Å². The number of thiophene rings is 1. The fourth-order valence-electron chi connectivity index (χ4n) is 3.44. The van der Waals surface area contributed by atoms with Gasteiger partial charge in [-0.25, -0.2) is 4.79 Å². The van der Waals surface area contributed by atoms with Gasteiger partial charge < -0.3 is 14.5 Å². The van der Waals surface area contributed by atoms with Crippen molar-refractivity contribution in [1.82, 2.24) is 9.80 Å². The van der Waals surface area contributed by atoms with Crippen LogP contribution in [0.25, 0.3) is 0 Å². The van der Waals surface area contributed by atoms with Gasteiger partial charge in [0.15, 0.2) is 0 Å². The van der Waals surface area contributed by atoms with Crippen LogP contribution in [0.2, 0.25) is 0 Å². The molecule has 0 N–H and O–H groups in total. The van der Waals surface area contributed by atoms with Crippen molar-refractivity contribution in [2.24, 2.45) is 0 Å². The van der Waals surface area contributed by atoms with Gasteiger partial charge in [0.25, 0.3) is 5.91 Å². The van der Waals surface area contributed by atoms with E-state index in [4.69, 9.17) is 4.74 Å². The molecule has 2 fully saturated rings. The molecule has 2 saturated heterocycles. The molecule has 120 valence electrons. The monoisotopic (exact) mass is 322 g/mol. The summed E-state index contributed by atoms with van der Waals surface area (Å²) < 4.78 is 5.54. The van der Waals surface area contributed by atoms with Crippen molar-refractivity contribution >= 4 is 23.3 Å². The number of likely N-dealkylation sites (N-methyl/N-ethyl adjacent to an activating group) is 1. The van der Waals surface area contributed by atoms with E-state index >= 15 is 0 Å². The number of hydrogen-bond donors (Lipinski definition) is 0. The van der Waals surface area contributed by atoms with Crippen molar-refractivity contribution in [3.63, 3.8) is 0 Å². The van der Waals surface area contributed by atoms with E-state index in [1.165, 1.54) is 10.4 Å². The zero-order valence-electron chi connectivity index (χ0n) is 13.3. The maximum atomic E-state index is 12.7. The van der Waals surface area contributed by atoms with Crippen LogP contribution in [0.15, 0.2) is 5.38 Å². The number of rotatable bonds is 2. The third kappa shape index (κ3) is 2.49. The molecule has 2 aliphatic rings. The SMILES string of the molecule is CCc1c(C(=O)N2CCC3(CC2)CN(C)C(=O)O3)csc1C. The first-order chi connectivity index (χ1) is 10.5. The van der Waals surface area contributed by atoms with Crippen LogP contribution in [-0.4, -0.2) is 54.1 Å². The third-order valence-corrected chi connectivity index (χ3v) is 5.74. The molecule has 6 heteroatoms. The number of aryl methyl sites for hydroxylation is 1. The van der Waals surface area contributed by atoms with Crippen molar-refractivity contribution in [1.29, 1.82) is 0 Å². The first kappa shape index (κ1) is 15.3. The Morgan fingerprint density at radius 3 is 2.64 bits per heavy atom. The molecule has 0 aliphatic carbocycles. The zero-order valence-corrected chi connectivity index (χ0v) is 14.2. The lowest BCUT2D eigenvalue weighted by Gasteiger charge is -2.37. The average molecular weight is 322 g/mol. The Morgan fingerprint density at radius 1 is 1.41 bits per heavy atom. The summed E-state index contributed by atoms with van der Waals surface area (Å²) in [5.74, 6) is 0.119. The number of hydrogen-bond acceptors (Lipinski definition) is 4. The summed E-state index contributed by atoms with van der Waals surface area (Å²) in [6, 6.07) is 0. The molecule has 0 unspecified atom stereocenters. The smallest absolute Gasteiger partial charge is 0.410 e. The Bertz CT molecular complexity index is 603. The van der Waals surface area contributed by atoms with E-state index in [2.05, 4.69) is 13.8 Å². The molecule has 1 aromatic heterocycles. The maximum Gasteiger partial charge on any atom is 0.410 e. The molecule has 3 rings (SSSR count). The minimum Gasteiger partial charge on any atom is -0.441 e. The first-order valence-electron chi connectivity index (χ1n) is 7.76. The van der Waals surface area contributed by atoms with E-state index in [0.29, 0.717) is 19.6 Å². The van der Waals surface area contributed by atoms with Crippen LogP contribution in [-0.2, 0) is 11.2 Å². The van der Waals surface area contributed by atoms with Crippen LogP contribution in [0.1, 0.15) is 40.6 Å². The normalized spacial score (nSPS) is 20.6. The fourth-order valence-corrected chi connectivity index (χ4v) is 4.37. The molecule has 5 nitrogen and oxygen atoms in total. The van der Waals surface area contributed by atoms with E-state index in [9.17, 15) is 9.59 Å². The number of likely N-dealkylation sites (tertiary alicyclic amines) is 1. The Kier molecular flexibility index (Phi) is 3.89. The highest BCUT2D eigenvalue weighted by Crippen LogP contribution is 2.33. The van der Waals surface area contributed by atoms with E-state index in [0.717, 1.165) is 24.8 Å². The minimum absolute atomic E-state index is 0.119. The Balaban J connectivity index is 1.69. The molecule has 0 saturated carbocycles. The highest BCUT2D eigenvalue weighted by Gasteiger charge is 2.46. The summed E-state index contributed by atoms with van der Waals surface area (Å²) in [6.45, 7) is 6.09. The summed E-state index contributed by atoms with van der Waals surface area (Å²) in [5.41, 5.74) is 1.63. The number of piperidine rings is 1. The van der Waals surface area contributed by atoms with Crippen LogP contribution in [0.3, 0.4) is 0 Å². The predicted octanol–water partition coefficient (Wildman–Crippen LogP) is 2.68. The minimum atomic E-state index is -0.388. The summed E-state index contributed by atoms with van der Waals surface area (Å²) in [4.78, 5) is 29.1. The lowest BCUT2D eigenvalue weighted by Crippen LogP contribution is -2.48. The second-order valence-corrected chi connectivity index (χ2v) is 7.32. The first-order valence-corrected chi connectivity index (χ1v) is 8.64. The van der Waals surface area contributed by atoms with Crippen molar-refractivity contribution < 1.29 is 14.3 Å². The van der Waals surface area contributed by atoms with Crippen molar-refractivity contribution in [3.05, 3.63) is 21.4 Å². The number of nitrogens with zero attached hydrogens (tertiary/aromatic N) is 2. The Morgan fingerprint density at radius 2 is 2.09 bits per heavy atom. The van der Waals surface area contributed by atoms with Gasteiger partial charge in [0.05, 0.1) is 12.1 Å². The molecular formula is C16H22N2O3S. The molecule has 3 heterocycles. The van der Waals surface area contributed by atoms with Gasteiger partial charge in [-0.15, -0.1) is 11.3 Å². The van der Waals surface area contributed by atoms with Crippen LogP contribution in [0.5, 0.6) is 0 Å². The standard InChI is InChI=1S/C16H22N2O3S/c1-4-12-11(2)22-9-13(12)14(19)18-7-5-16(6-8-18)10-17(3)15(20)21-16/h9H,4-8,10H2,1-3H3. The summed E-state index contributed by atoms with van der Waals surface area (Å²) in [6.07, 6.45) is 2.08. The van der Waals surface area contributed by atoms with Crippen molar-refractivity contribution in [2.75, 3.05) is 26.7 Å². The van der Waals surface area contributed by atoms with Gasteiger partial charge in [-0.1, -0.05) is 6.92 Å². The van der Waals surface area contributed by atoms with Gasteiger partial charge in [-0.2, -0.15) is 0 Å². The average Bonchev–Trinajstić information content (AvgIpc) is 2.99. The maximum absolute atomic E-state index is 12.7. The van der Waals surface area contributed by atoms with Gasteiger partial charge in [0.1, 0.15) is 5.60 Å². The van der Waals surface area contributed by atoms with Gasteiger partial charge in [-0.3, -0.25) is 4.79 Å². The number of carbonyl (C=O) groups excluding carboxylic acids is 2. The number of ether oxygens (including phenoxy) is 1. The highest BCUT2D eigenvalue weighted by molar-refractivity contribution is 7.10. The number of amides is 2. The van der Waals surface area contributed by atoms with Gasteiger partial charge in [0, 0.05) is 43.2 Å². The predicted molar refractivity (Wildman–Crippen MR) is 85.4 cm³/mol. The van der Waals surface area contributed by atoms with Crippen LogP contribution in [0.4, 0.5) is 4.79 Å². The topological polar surface area (TPSA) is 49.9 Å². The highest BCUT2D eigenvalue weighted by atomic mass is 32.1. The second-order valence-electron chi connectivity index (χ2n) is 6.24. The lowest BCUT2D eigenvalue weighted by molar-refractivity contribution is 0.00316. The zero-order chi connectivity index (χ0) is 15.9. The molecule has 0 atom stereocenters. The molecule has 0 aromatic carbocycles. The molecular weight excluding hydrogens is 300 g/mol. The van der Waals surface area contributed by atoms with Crippen LogP contribution >= 0.6 is 11.3 Å². The lowest BCUT2D eigenvalue weighted by atomic mass is 9.91. The van der Waals surface area contributed by atoms with E-state index in [-0.39, 0.29) is 17.6 Å². The summed E-state index contributed by atoms with van der Waals surface area (Å²) >= 11 is 1.64. The van der Waals surface area contributed by atoms with Gasteiger partial charge in [-0.05, 0) is 18.9 Å².